The van der Waals surface area contributed by atoms with E-state index in [1.807, 2.05) is 0 Å². The number of benzene rings is 1. The van der Waals surface area contributed by atoms with Crippen LogP contribution in [0.25, 0.3) is 0 Å². The van der Waals surface area contributed by atoms with Crippen LogP contribution in [0.5, 0.6) is 0 Å². The Hall–Kier alpha value is 0.309. The predicted octanol–water partition coefficient (Wildman–Crippen LogP) is 5.16. The van der Waals surface area contributed by atoms with E-state index >= 15 is 0 Å². The third kappa shape index (κ3) is 5.25. The molecule has 0 bridgehead atoms. The van der Waals surface area contributed by atoms with Crippen molar-refractivity contribution in [3.05, 3.63) is 27.8 Å². The minimum atomic E-state index is 1.07. The number of halogens is 1. The van der Waals surface area contributed by atoms with Gasteiger partial charge in [0.2, 0.25) is 0 Å². The van der Waals surface area contributed by atoms with E-state index in [2.05, 4.69) is 26.8 Å². The fourth-order valence-corrected chi connectivity index (χ4v) is 3.87. The second-order valence-corrected chi connectivity index (χ2v) is 7.58. The molecule has 3 radical (unpaired) electrons. The van der Waals surface area contributed by atoms with Crippen molar-refractivity contribution in [2.45, 2.75) is 78.6 Å². The molecule has 0 heterocycles. The summed E-state index contributed by atoms with van der Waals surface area (Å²) in [4.78, 5) is 0. The summed E-state index contributed by atoms with van der Waals surface area (Å²) in [5.41, 5.74) is 4.65. The monoisotopic (exact) mass is 399 g/mol. The van der Waals surface area contributed by atoms with E-state index in [9.17, 15) is 0 Å². The van der Waals surface area contributed by atoms with Crippen molar-refractivity contribution in [3.63, 3.8) is 0 Å². The first-order valence-electron chi connectivity index (χ1n) is 8.20. The maximum absolute atomic E-state index is 6.64. The van der Waals surface area contributed by atoms with E-state index in [0.29, 0.717) is 0 Å². The molecule has 0 atom stereocenters. The van der Waals surface area contributed by atoms with Gasteiger partial charge in [-0.15, -0.1) is 0 Å². The van der Waals surface area contributed by atoms with Gasteiger partial charge in [0, 0.05) is 0 Å². The van der Waals surface area contributed by atoms with Crippen LogP contribution in [-0.4, -0.2) is 22.5 Å². The summed E-state index contributed by atoms with van der Waals surface area (Å²) in [5, 5.41) is 1.07. The standard InChI is InChI=1S/C18H28Cl.Sn/c1-4-7-10-15-13-14-18(19)17(12-9-6-3)16(15)11-8-5-2;/h13H,4-12H2,1-3H3;. The summed E-state index contributed by atoms with van der Waals surface area (Å²) >= 11 is 8.09. The Morgan fingerprint density at radius 2 is 1.35 bits per heavy atom. The molecule has 2 heteroatoms. The fourth-order valence-electron chi connectivity index (χ4n) is 2.68. The van der Waals surface area contributed by atoms with Gasteiger partial charge in [-0.2, -0.15) is 0 Å². The summed E-state index contributed by atoms with van der Waals surface area (Å²) < 4.78 is 1.36. The second-order valence-electron chi connectivity index (χ2n) is 5.67. The maximum atomic E-state index is 6.64. The fraction of sp³-hybridized carbons (Fsp3) is 0.667. The van der Waals surface area contributed by atoms with Gasteiger partial charge in [0.05, 0.1) is 0 Å². The van der Waals surface area contributed by atoms with Crippen molar-refractivity contribution in [1.29, 1.82) is 0 Å². The van der Waals surface area contributed by atoms with Gasteiger partial charge in [-0.3, -0.25) is 0 Å². The summed E-state index contributed by atoms with van der Waals surface area (Å²) in [7, 11) is 0. The topological polar surface area (TPSA) is 0 Å². The summed E-state index contributed by atoms with van der Waals surface area (Å²) in [6, 6.07) is 2.39. The van der Waals surface area contributed by atoms with Crippen LogP contribution in [0.15, 0.2) is 6.07 Å². The van der Waals surface area contributed by atoms with Gasteiger partial charge in [0.1, 0.15) is 0 Å². The zero-order chi connectivity index (χ0) is 15.0. The summed E-state index contributed by atoms with van der Waals surface area (Å²) in [6.45, 7) is 6.81. The molecule has 0 fully saturated rings. The number of rotatable bonds is 9. The van der Waals surface area contributed by atoms with Crippen LogP contribution in [-0.2, 0) is 19.3 Å². The van der Waals surface area contributed by atoms with Gasteiger partial charge in [0.25, 0.3) is 0 Å². The third-order valence-corrected chi connectivity index (χ3v) is 5.94. The quantitative estimate of drug-likeness (QED) is 0.504. The van der Waals surface area contributed by atoms with E-state index < -0.39 is 0 Å². The molecule has 1 aromatic carbocycles. The molecule has 0 nitrogen and oxygen atoms in total. The van der Waals surface area contributed by atoms with Crippen LogP contribution < -0.4 is 3.58 Å². The second kappa shape index (κ2) is 10.1. The molecule has 0 aliphatic heterocycles. The molecule has 1 rings (SSSR count). The molecule has 20 heavy (non-hydrogen) atoms. The van der Waals surface area contributed by atoms with E-state index in [4.69, 9.17) is 11.6 Å². The van der Waals surface area contributed by atoms with Gasteiger partial charge in [-0.25, -0.2) is 0 Å². The number of hydrogen-bond donors (Lipinski definition) is 0. The van der Waals surface area contributed by atoms with Gasteiger partial charge in [-0.1, -0.05) is 0 Å². The zero-order valence-electron chi connectivity index (χ0n) is 13.3. The predicted molar refractivity (Wildman–Crippen MR) is 92.7 cm³/mol. The first kappa shape index (κ1) is 18.4. The summed E-state index contributed by atoms with van der Waals surface area (Å²) in [5.74, 6) is 0. The van der Waals surface area contributed by atoms with Crippen molar-refractivity contribution >= 4 is 37.7 Å². The average Bonchev–Trinajstić information content (AvgIpc) is 2.45. The van der Waals surface area contributed by atoms with E-state index in [1.165, 1.54) is 83.0 Å². The normalized spacial score (nSPS) is 11.1. The van der Waals surface area contributed by atoms with Crippen LogP contribution in [0.1, 0.15) is 76.0 Å². The zero-order valence-corrected chi connectivity index (χ0v) is 16.9. The van der Waals surface area contributed by atoms with Crippen LogP contribution in [0.3, 0.4) is 0 Å². The molecule has 0 N–H and O–H groups in total. The van der Waals surface area contributed by atoms with Gasteiger partial charge < -0.3 is 0 Å². The first-order valence-corrected chi connectivity index (χ1v) is 10.0. The molecule has 0 aromatic heterocycles. The Bertz CT molecular complexity index is 412. The van der Waals surface area contributed by atoms with E-state index in [0.717, 1.165) is 11.4 Å². The Morgan fingerprint density at radius 1 is 0.850 bits per heavy atom. The Labute approximate surface area is 143 Å². The molecule has 0 amide bonds. The molecular formula is C18H28ClSn. The molecule has 0 aliphatic carbocycles. The molecule has 0 saturated carbocycles. The van der Waals surface area contributed by atoms with Crippen molar-refractivity contribution in [3.8, 4) is 0 Å². The molecule has 0 unspecified atom stereocenters. The van der Waals surface area contributed by atoms with Crippen LogP contribution in [0, 0.1) is 0 Å². The van der Waals surface area contributed by atoms with E-state index in [-0.39, 0.29) is 0 Å². The molecule has 111 valence electrons. The van der Waals surface area contributed by atoms with Gasteiger partial charge in [-0.05, 0) is 0 Å². The van der Waals surface area contributed by atoms with Crippen molar-refractivity contribution in [2.75, 3.05) is 0 Å². The van der Waals surface area contributed by atoms with Crippen molar-refractivity contribution in [1.82, 2.24) is 0 Å². The number of aryl methyl sites for hydroxylation is 1. The molecule has 0 aliphatic rings. The Kier molecular flexibility index (Phi) is 9.28. The first-order chi connectivity index (χ1) is 9.65. The average molecular weight is 399 g/mol. The number of unbranched alkanes of at least 4 members (excludes halogenated alkanes) is 3. The van der Waals surface area contributed by atoms with Crippen LogP contribution in [0.4, 0.5) is 0 Å². The van der Waals surface area contributed by atoms with Crippen LogP contribution in [0.2, 0.25) is 5.02 Å². The van der Waals surface area contributed by atoms with Crippen LogP contribution >= 0.6 is 11.6 Å². The summed E-state index contributed by atoms with van der Waals surface area (Å²) in [6.07, 6.45) is 11.2. The van der Waals surface area contributed by atoms with Crippen molar-refractivity contribution < 1.29 is 0 Å². The van der Waals surface area contributed by atoms with Gasteiger partial charge in [0.15, 0.2) is 0 Å². The SMILES string of the molecule is CCCCc1c[c]([Sn])c(Cl)c(CCCC)c1CCCC. The molecule has 0 spiro atoms. The Morgan fingerprint density at radius 3 is 1.90 bits per heavy atom. The van der Waals surface area contributed by atoms with Gasteiger partial charge >= 0.3 is 144 Å². The van der Waals surface area contributed by atoms with E-state index in [1.54, 1.807) is 11.1 Å². The molecular weight excluding hydrogens is 370 g/mol. The van der Waals surface area contributed by atoms with Crippen molar-refractivity contribution in [2.24, 2.45) is 0 Å². The number of hydrogen-bond acceptors (Lipinski definition) is 0. The molecule has 0 saturated heterocycles. The third-order valence-electron chi connectivity index (χ3n) is 3.93. The Balaban J connectivity index is 3.15. The molecule has 1 aromatic rings. The minimum absolute atomic E-state index is 1.07.